The first-order valence-electron chi connectivity index (χ1n) is 6.81. The lowest BCUT2D eigenvalue weighted by Crippen LogP contribution is -2.50. The Bertz CT molecular complexity index is 403. The van der Waals surface area contributed by atoms with Gasteiger partial charge in [-0.1, -0.05) is 23.8 Å². The van der Waals surface area contributed by atoms with E-state index < -0.39 is 0 Å². The smallest absolute Gasteiger partial charge is 0.0313 e. The number of likely N-dealkylation sites (N-methyl/N-ethyl adjacent to an activating group) is 1. The topological polar surface area (TPSA) is 41.3 Å². The second-order valence-electron chi connectivity index (χ2n) is 5.54. The Hall–Kier alpha value is -0.900. The van der Waals surface area contributed by atoms with Gasteiger partial charge < -0.3 is 16.0 Å². The molecule has 1 aromatic carbocycles. The summed E-state index contributed by atoms with van der Waals surface area (Å²) in [6.45, 7) is 7.53. The van der Waals surface area contributed by atoms with Crippen molar-refractivity contribution in [1.29, 1.82) is 0 Å². The quantitative estimate of drug-likeness (QED) is 0.852. The number of hydrogen-bond donors (Lipinski definition) is 2. The number of rotatable bonds is 3. The number of piperazine rings is 1. The Balaban J connectivity index is 2.06. The Kier molecular flexibility index (Phi) is 4.38. The SMILES string of the molecule is Cc1ccc(C)c(C(N)CC2CNCCN2C)c1. The Morgan fingerprint density at radius 2 is 2.22 bits per heavy atom. The van der Waals surface area contributed by atoms with Crippen LogP contribution in [0.15, 0.2) is 18.2 Å². The molecular formula is C15H25N3. The van der Waals surface area contributed by atoms with Crippen molar-refractivity contribution in [2.75, 3.05) is 26.7 Å². The largest absolute Gasteiger partial charge is 0.324 e. The van der Waals surface area contributed by atoms with Crippen LogP contribution in [0.25, 0.3) is 0 Å². The molecule has 0 aromatic heterocycles. The van der Waals surface area contributed by atoms with E-state index in [0.717, 1.165) is 26.1 Å². The van der Waals surface area contributed by atoms with Gasteiger partial charge in [-0.15, -0.1) is 0 Å². The molecule has 2 unspecified atom stereocenters. The van der Waals surface area contributed by atoms with Crippen LogP contribution in [0.2, 0.25) is 0 Å². The Labute approximate surface area is 110 Å². The standard InChI is InChI=1S/C15H25N3/c1-11-4-5-12(2)14(8-11)15(16)9-13-10-17-6-7-18(13)3/h4-5,8,13,15,17H,6-7,9-10,16H2,1-3H3. The number of benzene rings is 1. The van der Waals surface area contributed by atoms with E-state index in [2.05, 4.69) is 49.3 Å². The van der Waals surface area contributed by atoms with Gasteiger partial charge in [0.15, 0.2) is 0 Å². The molecule has 0 amide bonds. The first-order chi connectivity index (χ1) is 8.58. The highest BCUT2D eigenvalue weighted by molar-refractivity contribution is 5.32. The van der Waals surface area contributed by atoms with Gasteiger partial charge in [-0.05, 0) is 38.4 Å². The predicted octanol–water partition coefficient (Wildman–Crippen LogP) is 1.60. The molecule has 3 nitrogen and oxygen atoms in total. The van der Waals surface area contributed by atoms with Gasteiger partial charge in [-0.25, -0.2) is 0 Å². The average Bonchev–Trinajstić information content (AvgIpc) is 2.35. The maximum absolute atomic E-state index is 6.40. The molecule has 1 fully saturated rings. The minimum Gasteiger partial charge on any atom is -0.324 e. The van der Waals surface area contributed by atoms with Crippen LogP contribution in [0.3, 0.4) is 0 Å². The summed E-state index contributed by atoms with van der Waals surface area (Å²) >= 11 is 0. The van der Waals surface area contributed by atoms with Gasteiger partial charge >= 0.3 is 0 Å². The third kappa shape index (κ3) is 3.10. The number of aryl methyl sites for hydroxylation is 2. The molecule has 2 atom stereocenters. The molecule has 1 aromatic rings. The predicted molar refractivity (Wildman–Crippen MR) is 76.7 cm³/mol. The summed E-state index contributed by atoms with van der Waals surface area (Å²) in [5.41, 5.74) is 10.3. The van der Waals surface area contributed by atoms with E-state index in [4.69, 9.17) is 5.73 Å². The number of nitrogens with one attached hydrogen (secondary N) is 1. The maximum atomic E-state index is 6.40. The summed E-state index contributed by atoms with van der Waals surface area (Å²) in [5.74, 6) is 0. The van der Waals surface area contributed by atoms with Crippen LogP contribution in [0, 0.1) is 13.8 Å². The first kappa shape index (κ1) is 13.5. The molecule has 0 radical (unpaired) electrons. The molecule has 0 saturated carbocycles. The maximum Gasteiger partial charge on any atom is 0.0313 e. The Morgan fingerprint density at radius 1 is 1.44 bits per heavy atom. The lowest BCUT2D eigenvalue weighted by Gasteiger charge is -2.35. The van der Waals surface area contributed by atoms with E-state index in [9.17, 15) is 0 Å². The van der Waals surface area contributed by atoms with Crippen molar-refractivity contribution in [2.24, 2.45) is 5.73 Å². The molecule has 18 heavy (non-hydrogen) atoms. The number of nitrogens with two attached hydrogens (primary N) is 1. The molecule has 1 aliphatic heterocycles. The third-order valence-corrected chi connectivity index (χ3v) is 4.00. The molecule has 0 bridgehead atoms. The van der Waals surface area contributed by atoms with Crippen molar-refractivity contribution in [2.45, 2.75) is 32.4 Å². The molecule has 100 valence electrons. The van der Waals surface area contributed by atoms with Crippen LogP contribution in [-0.4, -0.2) is 37.6 Å². The van der Waals surface area contributed by atoms with Gasteiger partial charge in [0.1, 0.15) is 0 Å². The van der Waals surface area contributed by atoms with E-state index in [1.807, 2.05) is 0 Å². The fourth-order valence-electron chi connectivity index (χ4n) is 2.71. The third-order valence-electron chi connectivity index (χ3n) is 4.00. The fourth-order valence-corrected chi connectivity index (χ4v) is 2.71. The van der Waals surface area contributed by atoms with E-state index in [0.29, 0.717) is 6.04 Å². The van der Waals surface area contributed by atoms with E-state index in [-0.39, 0.29) is 6.04 Å². The second-order valence-corrected chi connectivity index (χ2v) is 5.54. The molecule has 0 spiro atoms. The summed E-state index contributed by atoms with van der Waals surface area (Å²) in [4.78, 5) is 2.42. The zero-order chi connectivity index (χ0) is 13.1. The zero-order valence-electron chi connectivity index (χ0n) is 11.7. The minimum absolute atomic E-state index is 0.136. The van der Waals surface area contributed by atoms with Crippen molar-refractivity contribution in [3.63, 3.8) is 0 Å². The first-order valence-corrected chi connectivity index (χ1v) is 6.81. The van der Waals surface area contributed by atoms with Gasteiger partial charge in [0.05, 0.1) is 0 Å². The van der Waals surface area contributed by atoms with Gasteiger partial charge in [-0.2, -0.15) is 0 Å². The highest BCUT2D eigenvalue weighted by atomic mass is 15.2. The summed E-state index contributed by atoms with van der Waals surface area (Å²) in [6.07, 6.45) is 1.02. The van der Waals surface area contributed by atoms with Crippen LogP contribution >= 0.6 is 0 Å². The van der Waals surface area contributed by atoms with E-state index in [1.165, 1.54) is 16.7 Å². The summed E-state index contributed by atoms with van der Waals surface area (Å²) < 4.78 is 0. The molecular weight excluding hydrogens is 222 g/mol. The van der Waals surface area contributed by atoms with Crippen molar-refractivity contribution < 1.29 is 0 Å². The van der Waals surface area contributed by atoms with Crippen LogP contribution < -0.4 is 11.1 Å². The van der Waals surface area contributed by atoms with Crippen molar-refractivity contribution in [1.82, 2.24) is 10.2 Å². The molecule has 2 rings (SSSR count). The van der Waals surface area contributed by atoms with Gasteiger partial charge in [0.2, 0.25) is 0 Å². The molecule has 1 aliphatic rings. The number of nitrogens with zero attached hydrogens (tertiary/aromatic N) is 1. The monoisotopic (exact) mass is 247 g/mol. The van der Waals surface area contributed by atoms with Crippen LogP contribution in [0.1, 0.15) is 29.2 Å². The average molecular weight is 247 g/mol. The van der Waals surface area contributed by atoms with Crippen molar-refractivity contribution in [3.8, 4) is 0 Å². The highest BCUT2D eigenvalue weighted by Crippen LogP contribution is 2.23. The van der Waals surface area contributed by atoms with Crippen LogP contribution in [0.4, 0.5) is 0 Å². The zero-order valence-corrected chi connectivity index (χ0v) is 11.7. The van der Waals surface area contributed by atoms with Gasteiger partial charge in [0.25, 0.3) is 0 Å². The molecule has 1 heterocycles. The fraction of sp³-hybridized carbons (Fsp3) is 0.600. The summed E-state index contributed by atoms with van der Waals surface area (Å²) in [7, 11) is 2.20. The summed E-state index contributed by atoms with van der Waals surface area (Å²) in [5, 5.41) is 3.45. The lowest BCUT2D eigenvalue weighted by molar-refractivity contribution is 0.182. The lowest BCUT2D eigenvalue weighted by atomic mass is 9.94. The van der Waals surface area contributed by atoms with E-state index >= 15 is 0 Å². The van der Waals surface area contributed by atoms with Crippen molar-refractivity contribution >= 4 is 0 Å². The normalized spacial score (nSPS) is 23.0. The second kappa shape index (κ2) is 5.83. The highest BCUT2D eigenvalue weighted by Gasteiger charge is 2.22. The molecule has 3 N–H and O–H groups in total. The van der Waals surface area contributed by atoms with Crippen molar-refractivity contribution in [3.05, 3.63) is 34.9 Å². The van der Waals surface area contributed by atoms with Gasteiger partial charge in [0, 0.05) is 31.7 Å². The molecule has 1 saturated heterocycles. The Morgan fingerprint density at radius 3 is 2.94 bits per heavy atom. The van der Waals surface area contributed by atoms with E-state index in [1.54, 1.807) is 0 Å². The molecule has 3 heteroatoms. The van der Waals surface area contributed by atoms with Crippen LogP contribution in [-0.2, 0) is 0 Å². The van der Waals surface area contributed by atoms with Crippen LogP contribution in [0.5, 0.6) is 0 Å². The van der Waals surface area contributed by atoms with Gasteiger partial charge in [-0.3, -0.25) is 0 Å². The molecule has 0 aliphatic carbocycles. The summed E-state index contributed by atoms with van der Waals surface area (Å²) in [6, 6.07) is 7.25. The number of hydrogen-bond acceptors (Lipinski definition) is 3. The minimum atomic E-state index is 0.136.